The molecule has 1 aromatic rings. The summed E-state index contributed by atoms with van der Waals surface area (Å²) < 4.78 is 12.9. The van der Waals surface area contributed by atoms with Crippen LogP contribution in [0.5, 0.6) is 0 Å². The molecular formula is C18H24FN3O2. The summed E-state index contributed by atoms with van der Waals surface area (Å²) >= 11 is 0. The van der Waals surface area contributed by atoms with Crippen LogP contribution in [0.4, 0.5) is 14.9 Å². The van der Waals surface area contributed by atoms with Crippen molar-refractivity contribution in [2.24, 2.45) is 5.92 Å². The lowest BCUT2D eigenvalue weighted by Crippen LogP contribution is -2.42. The molecule has 24 heavy (non-hydrogen) atoms. The third-order valence-electron chi connectivity index (χ3n) is 4.89. The van der Waals surface area contributed by atoms with E-state index < -0.39 is 0 Å². The minimum Gasteiger partial charge on any atom is -0.340 e. The number of likely N-dealkylation sites (tertiary alicyclic amines) is 1. The number of urea groups is 1. The molecule has 2 N–H and O–H groups in total. The smallest absolute Gasteiger partial charge is 0.319 e. The number of rotatable bonds is 3. The van der Waals surface area contributed by atoms with Gasteiger partial charge in [-0.3, -0.25) is 4.79 Å². The van der Waals surface area contributed by atoms with Gasteiger partial charge in [-0.15, -0.1) is 0 Å². The molecule has 2 fully saturated rings. The Kier molecular flexibility index (Phi) is 5.33. The van der Waals surface area contributed by atoms with Gasteiger partial charge in [-0.2, -0.15) is 0 Å². The molecule has 1 heterocycles. The summed E-state index contributed by atoms with van der Waals surface area (Å²) in [6.07, 6.45) is 6.29. The van der Waals surface area contributed by atoms with E-state index in [0.29, 0.717) is 18.8 Å². The SMILES string of the molecule is O=C(Nc1ccc(F)cc1)N[C@@H]1CCN(C(=O)C2CCCCC2)C1. The molecule has 0 radical (unpaired) electrons. The number of hydrogen-bond acceptors (Lipinski definition) is 2. The second-order valence-electron chi connectivity index (χ2n) is 6.71. The number of hydrogen-bond donors (Lipinski definition) is 2. The quantitative estimate of drug-likeness (QED) is 0.893. The third kappa shape index (κ3) is 4.24. The number of carbonyl (C=O) groups is 2. The van der Waals surface area contributed by atoms with Crippen molar-refractivity contribution in [1.29, 1.82) is 0 Å². The highest BCUT2D eigenvalue weighted by Crippen LogP contribution is 2.26. The molecule has 6 heteroatoms. The highest BCUT2D eigenvalue weighted by molar-refractivity contribution is 5.89. The predicted molar refractivity (Wildman–Crippen MR) is 90.1 cm³/mol. The number of halogens is 1. The Morgan fingerprint density at radius 3 is 2.46 bits per heavy atom. The molecule has 0 aromatic heterocycles. The number of anilines is 1. The fraction of sp³-hybridized carbons (Fsp3) is 0.556. The first kappa shape index (κ1) is 16.7. The fourth-order valence-corrected chi connectivity index (χ4v) is 3.57. The lowest BCUT2D eigenvalue weighted by atomic mass is 9.88. The molecule has 0 spiro atoms. The van der Waals surface area contributed by atoms with E-state index in [4.69, 9.17) is 0 Å². The summed E-state index contributed by atoms with van der Waals surface area (Å²) in [7, 11) is 0. The van der Waals surface area contributed by atoms with E-state index in [-0.39, 0.29) is 29.7 Å². The van der Waals surface area contributed by atoms with Crippen molar-refractivity contribution < 1.29 is 14.0 Å². The van der Waals surface area contributed by atoms with Crippen molar-refractivity contribution in [2.45, 2.75) is 44.6 Å². The largest absolute Gasteiger partial charge is 0.340 e. The Morgan fingerprint density at radius 2 is 1.75 bits per heavy atom. The van der Waals surface area contributed by atoms with Crippen LogP contribution < -0.4 is 10.6 Å². The summed E-state index contributed by atoms with van der Waals surface area (Å²) in [6.45, 7) is 1.28. The lowest BCUT2D eigenvalue weighted by molar-refractivity contribution is -0.135. The molecule has 130 valence electrons. The van der Waals surface area contributed by atoms with Crippen LogP contribution in [0.1, 0.15) is 38.5 Å². The van der Waals surface area contributed by atoms with E-state index in [0.717, 1.165) is 32.1 Å². The molecule has 3 amide bonds. The van der Waals surface area contributed by atoms with Gasteiger partial charge >= 0.3 is 6.03 Å². The maximum absolute atomic E-state index is 12.9. The Morgan fingerprint density at radius 1 is 1.04 bits per heavy atom. The van der Waals surface area contributed by atoms with Crippen molar-refractivity contribution in [3.63, 3.8) is 0 Å². The minimum atomic E-state index is -0.339. The first-order chi connectivity index (χ1) is 11.6. The van der Waals surface area contributed by atoms with Crippen molar-refractivity contribution >= 4 is 17.6 Å². The summed E-state index contributed by atoms with van der Waals surface area (Å²) in [5, 5.41) is 5.58. The van der Waals surface area contributed by atoms with Crippen molar-refractivity contribution in [3.8, 4) is 0 Å². The van der Waals surface area contributed by atoms with E-state index in [1.165, 1.54) is 30.7 Å². The minimum absolute atomic E-state index is 0.0296. The molecule has 5 nitrogen and oxygen atoms in total. The number of carbonyl (C=O) groups excluding carboxylic acids is 2. The zero-order chi connectivity index (χ0) is 16.9. The fourth-order valence-electron chi connectivity index (χ4n) is 3.57. The van der Waals surface area contributed by atoms with Crippen LogP contribution in [0.2, 0.25) is 0 Å². The van der Waals surface area contributed by atoms with E-state index >= 15 is 0 Å². The third-order valence-corrected chi connectivity index (χ3v) is 4.89. The van der Waals surface area contributed by atoms with Crippen molar-refractivity contribution in [1.82, 2.24) is 10.2 Å². The maximum Gasteiger partial charge on any atom is 0.319 e. The number of nitrogens with one attached hydrogen (secondary N) is 2. The zero-order valence-corrected chi connectivity index (χ0v) is 13.8. The van der Waals surface area contributed by atoms with Gasteiger partial charge in [0.15, 0.2) is 0 Å². The average molecular weight is 333 g/mol. The van der Waals surface area contributed by atoms with Gasteiger partial charge < -0.3 is 15.5 Å². The van der Waals surface area contributed by atoms with Gasteiger partial charge in [0.05, 0.1) is 0 Å². The molecule has 0 bridgehead atoms. The lowest BCUT2D eigenvalue weighted by Gasteiger charge is -2.26. The Bertz CT molecular complexity index is 584. The zero-order valence-electron chi connectivity index (χ0n) is 13.8. The number of benzene rings is 1. The van der Waals surface area contributed by atoms with Crippen LogP contribution in [-0.2, 0) is 4.79 Å². The van der Waals surface area contributed by atoms with Crippen molar-refractivity contribution in [2.75, 3.05) is 18.4 Å². The Hall–Kier alpha value is -2.11. The van der Waals surface area contributed by atoms with Gasteiger partial charge in [0.2, 0.25) is 5.91 Å². The van der Waals surface area contributed by atoms with Crippen LogP contribution >= 0.6 is 0 Å². The Labute approximate surface area is 141 Å². The van der Waals surface area contributed by atoms with Crippen LogP contribution in [0.15, 0.2) is 24.3 Å². The summed E-state index contributed by atoms with van der Waals surface area (Å²) in [5.74, 6) is 0.0807. The van der Waals surface area contributed by atoms with Crippen LogP contribution in [0.25, 0.3) is 0 Å². The van der Waals surface area contributed by atoms with Gasteiger partial charge in [0.25, 0.3) is 0 Å². The predicted octanol–water partition coefficient (Wildman–Crippen LogP) is 3.13. The van der Waals surface area contributed by atoms with Crippen LogP contribution in [0, 0.1) is 11.7 Å². The van der Waals surface area contributed by atoms with E-state index in [1.807, 2.05) is 4.90 Å². The van der Waals surface area contributed by atoms with Gasteiger partial charge in [-0.05, 0) is 43.5 Å². The maximum atomic E-state index is 12.9. The topological polar surface area (TPSA) is 61.4 Å². The second-order valence-corrected chi connectivity index (χ2v) is 6.71. The molecule has 1 atom stereocenters. The van der Waals surface area contributed by atoms with Gasteiger partial charge in [-0.25, -0.2) is 9.18 Å². The molecule has 1 saturated carbocycles. The summed E-state index contributed by atoms with van der Waals surface area (Å²) in [5.41, 5.74) is 0.544. The standard InChI is InChI=1S/C18H24FN3O2/c19-14-6-8-15(9-7-14)20-18(24)21-16-10-11-22(12-16)17(23)13-4-2-1-3-5-13/h6-9,13,16H,1-5,10-12H2,(H2,20,21,24)/t16-/m1/s1. The number of nitrogens with zero attached hydrogens (tertiary/aromatic N) is 1. The van der Waals surface area contributed by atoms with Gasteiger partial charge in [-0.1, -0.05) is 19.3 Å². The van der Waals surface area contributed by atoms with Crippen LogP contribution in [0.3, 0.4) is 0 Å². The monoisotopic (exact) mass is 333 g/mol. The second kappa shape index (κ2) is 7.64. The average Bonchev–Trinajstić information content (AvgIpc) is 3.05. The molecule has 0 unspecified atom stereocenters. The molecular weight excluding hydrogens is 309 g/mol. The normalized spacial score (nSPS) is 21.5. The van der Waals surface area contributed by atoms with E-state index in [9.17, 15) is 14.0 Å². The van der Waals surface area contributed by atoms with Crippen LogP contribution in [-0.4, -0.2) is 36.0 Å². The molecule has 1 aliphatic heterocycles. The highest BCUT2D eigenvalue weighted by atomic mass is 19.1. The summed E-state index contributed by atoms with van der Waals surface area (Å²) in [4.78, 5) is 26.4. The van der Waals surface area contributed by atoms with Crippen molar-refractivity contribution in [3.05, 3.63) is 30.1 Å². The first-order valence-corrected chi connectivity index (χ1v) is 8.74. The molecule has 1 saturated heterocycles. The first-order valence-electron chi connectivity index (χ1n) is 8.74. The van der Waals surface area contributed by atoms with Gasteiger partial charge in [0, 0.05) is 30.7 Å². The van der Waals surface area contributed by atoms with E-state index in [1.54, 1.807) is 0 Å². The Balaban J connectivity index is 1.46. The van der Waals surface area contributed by atoms with E-state index in [2.05, 4.69) is 10.6 Å². The molecule has 3 rings (SSSR count). The summed E-state index contributed by atoms with van der Waals surface area (Å²) in [6, 6.07) is 5.28. The number of amides is 3. The molecule has 1 aromatic carbocycles. The van der Waals surface area contributed by atoms with Gasteiger partial charge in [0.1, 0.15) is 5.82 Å². The molecule has 1 aliphatic carbocycles. The molecule has 2 aliphatic rings. The highest BCUT2D eigenvalue weighted by Gasteiger charge is 2.32.